The van der Waals surface area contributed by atoms with Crippen LogP contribution in [0.3, 0.4) is 0 Å². The zero-order valence-electron chi connectivity index (χ0n) is 6.77. The van der Waals surface area contributed by atoms with Crippen LogP contribution in [0.2, 0.25) is 0 Å². The van der Waals surface area contributed by atoms with Crippen molar-refractivity contribution in [3.05, 3.63) is 0 Å². The first-order chi connectivity index (χ1) is 5.69. The summed E-state index contributed by atoms with van der Waals surface area (Å²) in [6, 6.07) is -0.358. The van der Waals surface area contributed by atoms with Crippen LogP contribution in [0.15, 0.2) is 0 Å². The molecule has 3 atom stereocenters. The second kappa shape index (κ2) is 3.68. The van der Waals surface area contributed by atoms with Crippen molar-refractivity contribution in [1.82, 2.24) is 4.90 Å². The van der Waals surface area contributed by atoms with E-state index in [4.69, 9.17) is 5.26 Å². The normalized spacial score (nSPS) is 31.2. The van der Waals surface area contributed by atoms with Gasteiger partial charge in [-0.1, -0.05) is 0 Å². The summed E-state index contributed by atoms with van der Waals surface area (Å²) in [4.78, 5) is 11.8. The van der Waals surface area contributed by atoms with Gasteiger partial charge in [0.2, 0.25) is 0 Å². The molecule has 0 aromatic rings. The molecule has 1 rings (SSSR count). The lowest BCUT2D eigenvalue weighted by Crippen LogP contribution is -2.25. The standard InChI is InChI=1S/C7H10N2O2S/c1-12(11)7-2-6(4-10)9(3-7)5-8/h4,6-7H,2-3H2,1H3. The monoisotopic (exact) mass is 186 g/mol. The van der Waals surface area contributed by atoms with Crippen molar-refractivity contribution in [2.75, 3.05) is 12.8 Å². The van der Waals surface area contributed by atoms with E-state index < -0.39 is 10.8 Å². The molecule has 12 heavy (non-hydrogen) atoms. The van der Waals surface area contributed by atoms with Gasteiger partial charge in [-0.15, -0.1) is 0 Å². The molecule has 0 bridgehead atoms. The fraction of sp³-hybridized carbons (Fsp3) is 0.714. The summed E-state index contributed by atoms with van der Waals surface area (Å²) in [5, 5.41) is 8.56. The number of nitriles is 1. The van der Waals surface area contributed by atoms with Gasteiger partial charge in [0.1, 0.15) is 6.29 Å². The van der Waals surface area contributed by atoms with Gasteiger partial charge in [-0.2, -0.15) is 5.26 Å². The maximum absolute atomic E-state index is 11.0. The molecule has 0 aromatic heterocycles. The van der Waals surface area contributed by atoms with E-state index >= 15 is 0 Å². The first kappa shape index (κ1) is 9.20. The fourth-order valence-corrected chi connectivity index (χ4v) is 2.15. The smallest absolute Gasteiger partial charge is 0.180 e. The molecule has 1 fully saturated rings. The Kier molecular flexibility index (Phi) is 2.82. The second-order valence-electron chi connectivity index (χ2n) is 2.81. The Morgan fingerprint density at radius 3 is 2.75 bits per heavy atom. The molecule has 0 aliphatic carbocycles. The van der Waals surface area contributed by atoms with Crippen molar-refractivity contribution < 1.29 is 9.00 Å². The quantitative estimate of drug-likeness (QED) is 0.430. The maximum atomic E-state index is 11.0. The van der Waals surface area contributed by atoms with Crippen molar-refractivity contribution in [2.45, 2.75) is 17.7 Å². The van der Waals surface area contributed by atoms with Crippen molar-refractivity contribution in [3.8, 4) is 6.19 Å². The number of carbonyl (C=O) groups excluding carboxylic acids is 1. The Balaban J connectivity index is 2.66. The summed E-state index contributed by atoms with van der Waals surface area (Å²) >= 11 is 0. The summed E-state index contributed by atoms with van der Waals surface area (Å²) in [5.74, 6) is 0. The lowest BCUT2D eigenvalue weighted by molar-refractivity contribution is -0.110. The number of rotatable bonds is 2. The van der Waals surface area contributed by atoms with Crippen molar-refractivity contribution in [3.63, 3.8) is 0 Å². The van der Waals surface area contributed by atoms with Crippen LogP contribution in [0.1, 0.15) is 6.42 Å². The van der Waals surface area contributed by atoms with E-state index in [2.05, 4.69) is 0 Å². The number of likely N-dealkylation sites (tertiary alicyclic amines) is 1. The molecule has 4 nitrogen and oxygen atoms in total. The van der Waals surface area contributed by atoms with Gasteiger partial charge < -0.3 is 4.79 Å². The number of carbonyl (C=O) groups is 1. The minimum atomic E-state index is -0.937. The first-order valence-corrected chi connectivity index (χ1v) is 5.25. The molecule has 0 aromatic carbocycles. The third kappa shape index (κ3) is 1.64. The van der Waals surface area contributed by atoms with Gasteiger partial charge in [0.15, 0.2) is 6.19 Å². The predicted octanol–water partition coefficient (Wildman–Crippen LogP) is -0.512. The van der Waals surface area contributed by atoms with Gasteiger partial charge in [0.25, 0.3) is 0 Å². The molecule has 1 aliphatic heterocycles. The van der Waals surface area contributed by atoms with Crippen molar-refractivity contribution >= 4 is 17.1 Å². The van der Waals surface area contributed by atoms with Crippen LogP contribution in [0, 0.1) is 11.5 Å². The van der Waals surface area contributed by atoms with Gasteiger partial charge in [-0.05, 0) is 6.42 Å². The molecule has 0 N–H and O–H groups in total. The highest BCUT2D eigenvalue weighted by molar-refractivity contribution is 7.84. The summed E-state index contributed by atoms with van der Waals surface area (Å²) < 4.78 is 11.0. The highest BCUT2D eigenvalue weighted by atomic mass is 32.2. The third-order valence-corrected chi connectivity index (χ3v) is 3.34. The summed E-state index contributed by atoms with van der Waals surface area (Å²) in [7, 11) is -0.937. The van der Waals surface area contributed by atoms with E-state index in [0.717, 1.165) is 6.29 Å². The van der Waals surface area contributed by atoms with E-state index in [0.29, 0.717) is 13.0 Å². The molecule has 1 aliphatic rings. The molecule has 5 heteroatoms. The largest absolute Gasteiger partial charge is 0.301 e. The summed E-state index contributed by atoms with van der Waals surface area (Å²) in [5.41, 5.74) is 0. The Labute approximate surface area is 73.6 Å². The van der Waals surface area contributed by atoms with E-state index in [1.165, 1.54) is 4.90 Å². The van der Waals surface area contributed by atoms with Gasteiger partial charge in [-0.25, -0.2) is 0 Å². The van der Waals surface area contributed by atoms with Gasteiger partial charge in [0.05, 0.1) is 11.3 Å². The van der Waals surface area contributed by atoms with E-state index in [9.17, 15) is 9.00 Å². The van der Waals surface area contributed by atoms with Crippen LogP contribution in [0.25, 0.3) is 0 Å². The Morgan fingerprint density at radius 2 is 2.42 bits per heavy atom. The van der Waals surface area contributed by atoms with E-state index in [1.54, 1.807) is 6.26 Å². The third-order valence-electron chi connectivity index (χ3n) is 2.06. The van der Waals surface area contributed by atoms with E-state index in [-0.39, 0.29) is 11.3 Å². The lowest BCUT2D eigenvalue weighted by atomic mass is 10.2. The number of hydrogen-bond donors (Lipinski definition) is 0. The van der Waals surface area contributed by atoms with Crippen LogP contribution in [-0.4, -0.2) is 39.5 Å². The number of hydrogen-bond acceptors (Lipinski definition) is 4. The minimum Gasteiger partial charge on any atom is -0.301 e. The molecule has 0 radical (unpaired) electrons. The van der Waals surface area contributed by atoms with Crippen molar-refractivity contribution in [2.24, 2.45) is 0 Å². The van der Waals surface area contributed by atoms with Crippen LogP contribution in [-0.2, 0) is 15.6 Å². The molecular weight excluding hydrogens is 176 g/mol. The topological polar surface area (TPSA) is 61.2 Å². The number of nitrogens with zero attached hydrogens (tertiary/aromatic N) is 2. The molecule has 0 amide bonds. The molecular formula is C7H10N2O2S. The zero-order valence-corrected chi connectivity index (χ0v) is 7.58. The van der Waals surface area contributed by atoms with Crippen molar-refractivity contribution in [1.29, 1.82) is 5.26 Å². The first-order valence-electron chi connectivity index (χ1n) is 3.63. The molecule has 3 unspecified atom stereocenters. The van der Waals surface area contributed by atoms with Gasteiger partial charge >= 0.3 is 0 Å². The lowest BCUT2D eigenvalue weighted by Gasteiger charge is -2.09. The zero-order chi connectivity index (χ0) is 9.14. The Bertz CT molecular complexity index is 248. The maximum Gasteiger partial charge on any atom is 0.180 e. The van der Waals surface area contributed by atoms with Crippen LogP contribution < -0.4 is 0 Å². The minimum absolute atomic E-state index is 0.0279. The second-order valence-corrected chi connectivity index (χ2v) is 4.48. The van der Waals surface area contributed by atoms with Crippen LogP contribution in [0.4, 0.5) is 0 Å². The summed E-state index contributed by atoms with van der Waals surface area (Å²) in [6.07, 6.45) is 4.81. The number of aldehydes is 1. The van der Waals surface area contributed by atoms with Crippen LogP contribution in [0.5, 0.6) is 0 Å². The average Bonchev–Trinajstić information content (AvgIpc) is 2.46. The van der Waals surface area contributed by atoms with Gasteiger partial charge in [-0.3, -0.25) is 9.11 Å². The van der Waals surface area contributed by atoms with Gasteiger partial charge in [0, 0.05) is 23.6 Å². The SMILES string of the molecule is CS(=O)C1CC(C=O)N(C#N)C1. The van der Waals surface area contributed by atoms with Crippen LogP contribution >= 0.6 is 0 Å². The van der Waals surface area contributed by atoms with E-state index in [1.807, 2.05) is 6.19 Å². The molecule has 1 saturated heterocycles. The molecule has 0 saturated carbocycles. The Morgan fingerprint density at radius 1 is 1.75 bits per heavy atom. The Hall–Kier alpha value is -0.890. The highest BCUT2D eigenvalue weighted by Gasteiger charge is 2.33. The highest BCUT2D eigenvalue weighted by Crippen LogP contribution is 2.18. The average molecular weight is 186 g/mol. The summed E-state index contributed by atoms with van der Waals surface area (Å²) in [6.45, 7) is 0.447. The molecule has 1 heterocycles. The predicted molar refractivity (Wildman–Crippen MR) is 44.6 cm³/mol. The molecule has 66 valence electrons. The molecule has 0 spiro atoms. The fourth-order valence-electron chi connectivity index (χ4n) is 1.31.